The SMILES string of the molecule is CCCC(C)NC(C)C(=O)NC1CCCCC1. The fourth-order valence-corrected chi connectivity index (χ4v) is 2.59. The van der Waals surface area contributed by atoms with Crippen molar-refractivity contribution in [3.63, 3.8) is 0 Å². The maximum Gasteiger partial charge on any atom is 0.237 e. The summed E-state index contributed by atoms with van der Waals surface area (Å²) in [5.41, 5.74) is 0. The summed E-state index contributed by atoms with van der Waals surface area (Å²) in [6, 6.07) is 0.771. The van der Waals surface area contributed by atoms with Crippen LogP contribution in [0.3, 0.4) is 0 Å². The van der Waals surface area contributed by atoms with Crippen molar-refractivity contribution >= 4 is 5.91 Å². The van der Waals surface area contributed by atoms with Crippen molar-refractivity contribution in [1.82, 2.24) is 10.6 Å². The minimum Gasteiger partial charge on any atom is -0.352 e. The van der Waals surface area contributed by atoms with E-state index >= 15 is 0 Å². The molecule has 1 rings (SSSR count). The molecule has 2 atom stereocenters. The number of hydrogen-bond acceptors (Lipinski definition) is 2. The molecule has 0 saturated heterocycles. The van der Waals surface area contributed by atoms with Crippen molar-refractivity contribution in [1.29, 1.82) is 0 Å². The third-order valence-corrected chi connectivity index (χ3v) is 3.60. The summed E-state index contributed by atoms with van der Waals surface area (Å²) in [5, 5.41) is 6.52. The smallest absolute Gasteiger partial charge is 0.237 e. The fraction of sp³-hybridized carbons (Fsp3) is 0.929. The topological polar surface area (TPSA) is 41.1 Å². The number of nitrogens with one attached hydrogen (secondary N) is 2. The molecule has 1 amide bonds. The minimum atomic E-state index is -0.0709. The van der Waals surface area contributed by atoms with Crippen molar-refractivity contribution < 1.29 is 4.79 Å². The number of carbonyl (C=O) groups is 1. The molecule has 3 heteroatoms. The van der Waals surface area contributed by atoms with Gasteiger partial charge in [0, 0.05) is 12.1 Å². The molecule has 2 N–H and O–H groups in total. The van der Waals surface area contributed by atoms with Gasteiger partial charge < -0.3 is 10.6 Å². The Kier molecular flexibility index (Phi) is 6.56. The Morgan fingerprint density at radius 3 is 2.47 bits per heavy atom. The van der Waals surface area contributed by atoms with Gasteiger partial charge in [-0.2, -0.15) is 0 Å². The molecule has 17 heavy (non-hydrogen) atoms. The molecule has 0 spiro atoms. The first-order valence-corrected chi connectivity index (χ1v) is 7.20. The van der Waals surface area contributed by atoms with Gasteiger partial charge in [0.1, 0.15) is 0 Å². The van der Waals surface area contributed by atoms with Gasteiger partial charge in [0.15, 0.2) is 0 Å². The van der Waals surface area contributed by atoms with E-state index in [1.54, 1.807) is 0 Å². The molecule has 1 aliphatic carbocycles. The molecule has 1 fully saturated rings. The standard InChI is InChI=1S/C14H28N2O/c1-4-8-11(2)15-12(3)14(17)16-13-9-6-5-7-10-13/h11-13,15H,4-10H2,1-3H3,(H,16,17). The van der Waals surface area contributed by atoms with Crippen molar-refractivity contribution in [3.05, 3.63) is 0 Å². The second-order valence-electron chi connectivity index (χ2n) is 5.42. The summed E-state index contributed by atoms with van der Waals surface area (Å²) in [7, 11) is 0. The van der Waals surface area contributed by atoms with Crippen LogP contribution in [0.5, 0.6) is 0 Å². The number of rotatable bonds is 6. The van der Waals surface area contributed by atoms with Crippen LogP contribution < -0.4 is 10.6 Å². The van der Waals surface area contributed by atoms with Crippen LogP contribution in [0.2, 0.25) is 0 Å². The summed E-state index contributed by atoms with van der Waals surface area (Å²) in [6.45, 7) is 6.28. The van der Waals surface area contributed by atoms with Gasteiger partial charge in [-0.1, -0.05) is 32.6 Å². The first kappa shape index (κ1) is 14.5. The highest BCUT2D eigenvalue weighted by Gasteiger charge is 2.20. The van der Waals surface area contributed by atoms with E-state index < -0.39 is 0 Å². The van der Waals surface area contributed by atoms with Crippen LogP contribution in [0, 0.1) is 0 Å². The quantitative estimate of drug-likeness (QED) is 0.749. The molecule has 0 aromatic carbocycles. The number of carbonyl (C=O) groups excluding carboxylic acids is 1. The first-order chi connectivity index (χ1) is 8.13. The highest BCUT2D eigenvalue weighted by molar-refractivity contribution is 5.81. The molecule has 0 aliphatic heterocycles. The van der Waals surface area contributed by atoms with Gasteiger partial charge in [-0.15, -0.1) is 0 Å². The average molecular weight is 240 g/mol. The molecule has 1 aliphatic rings. The Morgan fingerprint density at radius 2 is 1.88 bits per heavy atom. The van der Waals surface area contributed by atoms with Crippen LogP contribution in [0.15, 0.2) is 0 Å². The van der Waals surface area contributed by atoms with E-state index in [0.29, 0.717) is 12.1 Å². The van der Waals surface area contributed by atoms with E-state index in [2.05, 4.69) is 24.5 Å². The summed E-state index contributed by atoms with van der Waals surface area (Å²) < 4.78 is 0. The lowest BCUT2D eigenvalue weighted by atomic mass is 9.95. The molecule has 3 nitrogen and oxygen atoms in total. The molecule has 0 bridgehead atoms. The summed E-state index contributed by atoms with van der Waals surface area (Å²) in [6.07, 6.45) is 8.45. The summed E-state index contributed by atoms with van der Waals surface area (Å²) in [4.78, 5) is 12.0. The van der Waals surface area contributed by atoms with E-state index in [1.807, 2.05) is 6.92 Å². The molecular weight excluding hydrogens is 212 g/mol. The molecule has 2 unspecified atom stereocenters. The van der Waals surface area contributed by atoms with Crippen LogP contribution in [0.4, 0.5) is 0 Å². The molecule has 1 saturated carbocycles. The van der Waals surface area contributed by atoms with Crippen molar-refractivity contribution in [2.24, 2.45) is 0 Å². The summed E-state index contributed by atoms with van der Waals surface area (Å²) >= 11 is 0. The minimum absolute atomic E-state index is 0.0709. The predicted molar refractivity (Wildman–Crippen MR) is 72.0 cm³/mol. The molecule has 0 aromatic heterocycles. The zero-order chi connectivity index (χ0) is 12.7. The van der Waals surface area contributed by atoms with Crippen molar-refractivity contribution in [2.75, 3.05) is 0 Å². The van der Waals surface area contributed by atoms with Crippen LogP contribution in [0.1, 0.15) is 65.7 Å². The lowest BCUT2D eigenvalue weighted by Gasteiger charge is -2.26. The van der Waals surface area contributed by atoms with Crippen molar-refractivity contribution in [3.8, 4) is 0 Å². The number of hydrogen-bond donors (Lipinski definition) is 2. The number of amides is 1. The highest BCUT2D eigenvalue weighted by atomic mass is 16.2. The second kappa shape index (κ2) is 7.70. The maximum atomic E-state index is 12.0. The maximum absolute atomic E-state index is 12.0. The fourth-order valence-electron chi connectivity index (χ4n) is 2.59. The third kappa shape index (κ3) is 5.53. The molecule has 0 heterocycles. The van der Waals surface area contributed by atoms with Gasteiger partial charge in [-0.3, -0.25) is 4.79 Å². The van der Waals surface area contributed by atoms with Gasteiger partial charge in [0.25, 0.3) is 0 Å². The lowest BCUT2D eigenvalue weighted by molar-refractivity contribution is -0.123. The van der Waals surface area contributed by atoms with E-state index in [0.717, 1.165) is 25.7 Å². The lowest BCUT2D eigenvalue weighted by Crippen LogP contribution is -2.49. The van der Waals surface area contributed by atoms with Gasteiger partial charge in [-0.25, -0.2) is 0 Å². The Bertz CT molecular complexity index is 224. The van der Waals surface area contributed by atoms with E-state index in [9.17, 15) is 4.79 Å². The highest BCUT2D eigenvalue weighted by Crippen LogP contribution is 2.17. The van der Waals surface area contributed by atoms with Crippen LogP contribution in [-0.4, -0.2) is 24.0 Å². The van der Waals surface area contributed by atoms with Crippen LogP contribution >= 0.6 is 0 Å². The van der Waals surface area contributed by atoms with E-state index in [4.69, 9.17) is 0 Å². The normalized spacial score (nSPS) is 20.9. The Hall–Kier alpha value is -0.570. The third-order valence-electron chi connectivity index (χ3n) is 3.60. The summed E-state index contributed by atoms with van der Waals surface area (Å²) in [5.74, 6) is 0.167. The molecular formula is C14H28N2O. The Balaban J connectivity index is 2.25. The van der Waals surface area contributed by atoms with Crippen LogP contribution in [0.25, 0.3) is 0 Å². The predicted octanol–water partition coefficient (Wildman–Crippen LogP) is 2.60. The van der Waals surface area contributed by atoms with Gasteiger partial charge >= 0.3 is 0 Å². The van der Waals surface area contributed by atoms with E-state index in [1.165, 1.54) is 19.3 Å². The monoisotopic (exact) mass is 240 g/mol. The van der Waals surface area contributed by atoms with E-state index in [-0.39, 0.29) is 11.9 Å². The zero-order valence-electron chi connectivity index (χ0n) is 11.6. The van der Waals surface area contributed by atoms with Crippen molar-refractivity contribution in [2.45, 2.75) is 83.8 Å². The Labute approximate surface area is 106 Å². The van der Waals surface area contributed by atoms with Crippen LogP contribution in [-0.2, 0) is 4.79 Å². The largest absolute Gasteiger partial charge is 0.352 e. The Morgan fingerprint density at radius 1 is 1.24 bits per heavy atom. The van der Waals surface area contributed by atoms with Gasteiger partial charge in [-0.05, 0) is 33.1 Å². The first-order valence-electron chi connectivity index (χ1n) is 7.20. The molecule has 100 valence electrons. The van der Waals surface area contributed by atoms with Gasteiger partial charge in [0.05, 0.1) is 6.04 Å². The molecule has 0 aromatic rings. The van der Waals surface area contributed by atoms with Gasteiger partial charge in [0.2, 0.25) is 5.91 Å². The second-order valence-corrected chi connectivity index (χ2v) is 5.42. The molecule has 0 radical (unpaired) electrons. The average Bonchev–Trinajstić information content (AvgIpc) is 2.30. The zero-order valence-corrected chi connectivity index (χ0v) is 11.6.